The lowest BCUT2D eigenvalue weighted by molar-refractivity contribution is -0.113. The molecular formula is C13H16BrClN2OS. The molecule has 1 amide bonds. The van der Waals surface area contributed by atoms with E-state index < -0.39 is 0 Å². The molecule has 0 unspecified atom stereocenters. The number of piperidine rings is 1. The first kappa shape index (κ1) is 15.2. The van der Waals surface area contributed by atoms with Gasteiger partial charge in [0.15, 0.2) is 0 Å². The molecule has 0 aromatic heterocycles. The highest BCUT2D eigenvalue weighted by Crippen LogP contribution is 2.26. The molecule has 2 N–H and O–H groups in total. The lowest BCUT2D eigenvalue weighted by atomic mass is 10.2. The molecule has 19 heavy (non-hydrogen) atoms. The summed E-state index contributed by atoms with van der Waals surface area (Å²) in [5.41, 5.74) is 0.740. The van der Waals surface area contributed by atoms with Crippen molar-refractivity contribution in [2.45, 2.75) is 18.1 Å². The maximum Gasteiger partial charge on any atom is 0.234 e. The van der Waals surface area contributed by atoms with Gasteiger partial charge < -0.3 is 10.6 Å². The van der Waals surface area contributed by atoms with Gasteiger partial charge in [-0.3, -0.25) is 4.79 Å². The van der Waals surface area contributed by atoms with Crippen LogP contribution in [0.25, 0.3) is 0 Å². The zero-order valence-electron chi connectivity index (χ0n) is 10.4. The molecule has 1 aliphatic heterocycles. The van der Waals surface area contributed by atoms with Gasteiger partial charge in [0, 0.05) is 15.4 Å². The topological polar surface area (TPSA) is 41.1 Å². The second kappa shape index (κ2) is 7.53. The lowest BCUT2D eigenvalue weighted by Gasteiger charge is -2.21. The minimum Gasteiger partial charge on any atom is -0.325 e. The molecule has 3 nitrogen and oxygen atoms in total. The van der Waals surface area contributed by atoms with Crippen LogP contribution in [0.3, 0.4) is 0 Å². The SMILES string of the molecule is O=C(CSC1CCNCC1)Nc1ccc(Br)c(Cl)c1. The fraction of sp³-hybridized carbons (Fsp3) is 0.462. The van der Waals surface area contributed by atoms with Gasteiger partial charge in [0.25, 0.3) is 0 Å². The molecule has 1 fully saturated rings. The number of carbonyl (C=O) groups is 1. The molecule has 6 heteroatoms. The first-order valence-electron chi connectivity index (χ1n) is 6.22. The van der Waals surface area contributed by atoms with Crippen LogP contribution in [-0.4, -0.2) is 30.0 Å². The van der Waals surface area contributed by atoms with E-state index in [9.17, 15) is 4.79 Å². The number of hydrogen-bond acceptors (Lipinski definition) is 3. The summed E-state index contributed by atoms with van der Waals surface area (Å²) in [5.74, 6) is 0.528. The number of carbonyl (C=O) groups excluding carboxylic acids is 1. The van der Waals surface area contributed by atoms with Crippen molar-refractivity contribution in [3.63, 3.8) is 0 Å². The van der Waals surface area contributed by atoms with Gasteiger partial charge in [0.1, 0.15) is 0 Å². The molecule has 1 saturated heterocycles. The van der Waals surface area contributed by atoms with E-state index in [-0.39, 0.29) is 5.91 Å². The number of halogens is 2. The number of benzene rings is 1. The van der Waals surface area contributed by atoms with Gasteiger partial charge in [0.2, 0.25) is 5.91 Å². The minimum absolute atomic E-state index is 0.0296. The van der Waals surface area contributed by atoms with E-state index in [4.69, 9.17) is 11.6 Å². The Kier molecular flexibility index (Phi) is 6.01. The Labute approximate surface area is 131 Å². The van der Waals surface area contributed by atoms with Gasteiger partial charge in [-0.05, 0) is 60.1 Å². The molecule has 1 aliphatic rings. The summed E-state index contributed by atoms with van der Waals surface area (Å²) >= 11 is 11.0. The second-order valence-electron chi connectivity index (χ2n) is 4.44. The molecule has 0 radical (unpaired) electrons. The summed E-state index contributed by atoms with van der Waals surface area (Å²) in [4.78, 5) is 11.8. The van der Waals surface area contributed by atoms with Crippen molar-refractivity contribution >= 4 is 50.9 Å². The highest BCUT2D eigenvalue weighted by atomic mass is 79.9. The van der Waals surface area contributed by atoms with E-state index in [1.807, 2.05) is 12.1 Å². The van der Waals surface area contributed by atoms with E-state index in [2.05, 4.69) is 26.6 Å². The Morgan fingerprint density at radius 1 is 1.47 bits per heavy atom. The van der Waals surface area contributed by atoms with Crippen LogP contribution in [-0.2, 0) is 4.79 Å². The largest absolute Gasteiger partial charge is 0.325 e. The summed E-state index contributed by atoms with van der Waals surface area (Å²) in [6.07, 6.45) is 2.28. The van der Waals surface area contributed by atoms with Crippen LogP contribution in [0.2, 0.25) is 5.02 Å². The van der Waals surface area contributed by atoms with Crippen LogP contribution in [0.1, 0.15) is 12.8 Å². The third-order valence-electron chi connectivity index (χ3n) is 2.94. The zero-order chi connectivity index (χ0) is 13.7. The van der Waals surface area contributed by atoms with Gasteiger partial charge >= 0.3 is 0 Å². The van der Waals surface area contributed by atoms with Gasteiger partial charge in [-0.15, -0.1) is 11.8 Å². The van der Waals surface area contributed by atoms with Crippen LogP contribution in [0.15, 0.2) is 22.7 Å². The Morgan fingerprint density at radius 3 is 2.89 bits per heavy atom. The van der Waals surface area contributed by atoms with Crippen molar-refractivity contribution in [1.82, 2.24) is 5.32 Å². The average Bonchev–Trinajstić information content (AvgIpc) is 2.42. The molecule has 0 aliphatic carbocycles. The van der Waals surface area contributed by atoms with Gasteiger partial charge in [-0.25, -0.2) is 0 Å². The van der Waals surface area contributed by atoms with Crippen LogP contribution < -0.4 is 10.6 Å². The molecule has 2 rings (SSSR count). The third-order valence-corrected chi connectivity index (χ3v) is 5.54. The van der Waals surface area contributed by atoms with Crippen LogP contribution >= 0.6 is 39.3 Å². The quantitative estimate of drug-likeness (QED) is 0.860. The number of nitrogens with one attached hydrogen (secondary N) is 2. The molecule has 1 heterocycles. The second-order valence-corrected chi connectivity index (χ2v) is 6.99. The van der Waals surface area contributed by atoms with E-state index in [0.717, 1.165) is 36.1 Å². The van der Waals surface area contributed by atoms with E-state index in [0.29, 0.717) is 16.0 Å². The Bertz CT molecular complexity index is 452. The Morgan fingerprint density at radius 2 is 2.21 bits per heavy atom. The van der Waals surface area contributed by atoms with Gasteiger partial charge in [-0.1, -0.05) is 11.6 Å². The predicted octanol–water partition coefficient (Wildman–Crippen LogP) is 3.53. The normalized spacial score (nSPS) is 16.3. The highest BCUT2D eigenvalue weighted by molar-refractivity contribution is 9.10. The molecule has 104 valence electrons. The summed E-state index contributed by atoms with van der Waals surface area (Å²) in [5, 5.41) is 7.39. The van der Waals surface area contributed by atoms with Crippen molar-refractivity contribution in [1.29, 1.82) is 0 Å². The van der Waals surface area contributed by atoms with Gasteiger partial charge in [0.05, 0.1) is 10.8 Å². The molecule has 0 saturated carbocycles. The predicted molar refractivity (Wildman–Crippen MR) is 86.1 cm³/mol. The first-order valence-corrected chi connectivity index (χ1v) is 8.44. The lowest BCUT2D eigenvalue weighted by Crippen LogP contribution is -2.30. The first-order chi connectivity index (χ1) is 9.15. The number of thioether (sulfide) groups is 1. The monoisotopic (exact) mass is 362 g/mol. The van der Waals surface area contributed by atoms with Crippen molar-refractivity contribution in [2.24, 2.45) is 0 Å². The molecule has 0 bridgehead atoms. The number of hydrogen-bond donors (Lipinski definition) is 2. The summed E-state index contributed by atoms with van der Waals surface area (Å²) in [6.45, 7) is 2.11. The van der Waals surface area contributed by atoms with Crippen molar-refractivity contribution in [2.75, 3.05) is 24.2 Å². The number of amides is 1. The summed E-state index contributed by atoms with van der Waals surface area (Å²) in [7, 11) is 0. The summed E-state index contributed by atoms with van der Waals surface area (Å²) < 4.78 is 0.830. The molecule has 0 atom stereocenters. The van der Waals surface area contributed by atoms with E-state index in [1.165, 1.54) is 0 Å². The maximum absolute atomic E-state index is 11.8. The molecule has 0 spiro atoms. The van der Waals surface area contributed by atoms with Crippen LogP contribution in [0, 0.1) is 0 Å². The fourth-order valence-corrected chi connectivity index (χ4v) is 3.38. The van der Waals surface area contributed by atoms with Crippen molar-refractivity contribution in [3.05, 3.63) is 27.7 Å². The molecule has 1 aromatic carbocycles. The van der Waals surface area contributed by atoms with E-state index >= 15 is 0 Å². The average molecular weight is 364 g/mol. The number of anilines is 1. The zero-order valence-corrected chi connectivity index (χ0v) is 13.6. The number of rotatable bonds is 4. The van der Waals surface area contributed by atoms with Crippen LogP contribution in [0.5, 0.6) is 0 Å². The highest BCUT2D eigenvalue weighted by Gasteiger charge is 2.15. The van der Waals surface area contributed by atoms with Crippen molar-refractivity contribution in [3.8, 4) is 0 Å². The molecule has 1 aromatic rings. The van der Waals surface area contributed by atoms with Crippen molar-refractivity contribution < 1.29 is 4.79 Å². The Balaban J connectivity index is 1.78. The standard InChI is InChI=1S/C13H16BrClN2OS/c14-11-2-1-9(7-12(11)15)17-13(18)8-19-10-3-5-16-6-4-10/h1-2,7,10,16H,3-6,8H2,(H,17,18). The van der Waals surface area contributed by atoms with Crippen LogP contribution in [0.4, 0.5) is 5.69 Å². The van der Waals surface area contributed by atoms with Gasteiger partial charge in [-0.2, -0.15) is 0 Å². The summed E-state index contributed by atoms with van der Waals surface area (Å²) in [6, 6.07) is 5.42. The minimum atomic E-state index is 0.0296. The smallest absolute Gasteiger partial charge is 0.234 e. The fourth-order valence-electron chi connectivity index (χ4n) is 1.93. The van der Waals surface area contributed by atoms with E-state index in [1.54, 1.807) is 17.8 Å². The molecular weight excluding hydrogens is 348 g/mol. The third kappa shape index (κ3) is 4.99. The maximum atomic E-state index is 11.8. The Hall–Kier alpha value is -0.230.